The van der Waals surface area contributed by atoms with Crippen LogP contribution >= 0.6 is 0 Å². The highest BCUT2D eigenvalue weighted by atomic mass is 16.2. The maximum Gasteiger partial charge on any atom is 0.264 e. The predicted octanol–water partition coefficient (Wildman–Crippen LogP) is 5.76. The van der Waals surface area contributed by atoms with Gasteiger partial charge in [-0.3, -0.25) is 14.2 Å². The fourth-order valence-electron chi connectivity index (χ4n) is 5.68. The van der Waals surface area contributed by atoms with E-state index in [9.17, 15) is 9.59 Å². The summed E-state index contributed by atoms with van der Waals surface area (Å²) >= 11 is 0. The van der Waals surface area contributed by atoms with Crippen molar-refractivity contribution >= 4 is 22.3 Å². The van der Waals surface area contributed by atoms with Gasteiger partial charge in [0.1, 0.15) is 5.56 Å². The SMILES string of the molecule is Cc1nn2cccnc2c1C(=O)NC(C)c1cc2cccc(C#CC3CCCCC3)c2c(=O)n1-c1ccccc1. The van der Waals surface area contributed by atoms with Crippen molar-refractivity contribution in [1.82, 2.24) is 24.5 Å². The molecule has 1 unspecified atom stereocenters. The van der Waals surface area contributed by atoms with Crippen molar-refractivity contribution in [1.29, 1.82) is 0 Å². The number of nitrogens with one attached hydrogen (secondary N) is 1. The minimum absolute atomic E-state index is 0.151. The zero-order chi connectivity index (χ0) is 27.6. The van der Waals surface area contributed by atoms with Crippen LogP contribution in [0.2, 0.25) is 0 Å². The highest BCUT2D eigenvalue weighted by Gasteiger charge is 2.23. The van der Waals surface area contributed by atoms with Crippen molar-refractivity contribution in [3.8, 4) is 17.5 Å². The normalized spacial score (nSPS) is 14.6. The molecule has 1 atom stereocenters. The number of fused-ring (bicyclic) bond motifs is 2. The first-order chi connectivity index (χ1) is 19.5. The third kappa shape index (κ3) is 4.77. The monoisotopic (exact) mass is 529 g/mol. The van der Waals surface area contributed by atoms with Crippen molar-refractivity contribution in [2.45, 2.75) is 52.0 Å². The van der Waals surface area contributed by atoms with Crippen molar-refractivity contribution in [3.63, 3.8) is 0 Å². The molecule has 7 nitrogen and oxygen atoms in total. The molecule has 1 amide bonds. The van der Waals surface area contributed by atoms with Crippen LogP contribution in [-0.4, -0.2) is 25.1 Å². The number of hydrogen-bond acceptors (Lipinski definition) is 4. The van der Waals surface area contributed by atoms with E-state index in [-0.39, 0.29) is 11.5 Å². The maximum atomic E-state index is 14.2. The van der Waals surface area contributed by atoms with Crippen LogP contribution in [0.25, 0.3) is 22.1 Å². The van der Waals surface area contributed by atoms with E-state index in [1.54, 1.807) is 34.5 Å². The van der Waals surface area contributed by atoms with Crippen LogP contribution in [-0.2, 0) is 0 Å². The van der Waals surface area contributed by atoms with E-state index < -0.39 is 6.04 Å². The van der Waals surface area contributed by atoms with Crippen molar-refractivity contribution in [2.24, 2.45) is 5.92 Å². The number of hydrogen-bond donors (Lipinski definition) is 1. The molecule has 1 N–H and O–H groups in total. The zero-order valence-electron chi connectivity index (χ0n) is 22.7. The third-order valence-electron chi connectivity index (χ3n) is 7.69. The molecule has 40 heavy (non-hydrogen) atoms. The highest BCUT2D eigenvalue weighted by Crippen LogP contribution is 2.26. The zero-order valence-corrected chi connectivity index (χ0v) is 22.7. The third-order valence-corrected chi connectivity index (χ3v) is 7.69. The molecular weight excluding hydrogens is 498 g/mol. The summed E-state index contributed by atoms with van der Waals surface area (Å²) < 4.78 is 3.29. The average molecular weight is 530 g/mol. The Bertz CT molecular complexity index is 1840. The Balaban J connectivity index is 1.45. The first-order valence-corrected chi connectivity index (χ1v) is 13.9. The van der Waals surface area contributed by atoms with E-state index in [0.717, 1.165) is 29.5 Å². The van der Waals surface area contributed by atoms with Crippen LogP contribution in [0, 0.1) is 24.7 Å². The Morgan fingerprint density at radius 1 is 1.05 bits per heavy atom. The molecule has 1 fully saturated rings. The predicted molar refractivity (Wildman–Crippen MR) is 157 cm³/mol. The molecule has 3 heterocycles. The quantitative estimate of drug-likeness (QED) is 0.300. The van der Waals surface area contributed by atoms with Gasteiger partial charge < -0.3 is 5.32 Å². The molecule has 0 saturated heterocycles. The first-order valence-electron chi connectivity index (χ1n) is 13.9. The smallest absolute Gasteiger partial charge is 0.264 e. The largest absolute Gasteiger partial charge is 0.344 e. The van der Waals surface area contributed by atoms with Gasteiger partial charge in [0, 0.05) is 35.3 Å². The number of benzene rings is 2. The Kier molecular flexibility index (Phi) is 6.91. The second-order valence-electron chi connectivity index (χ2n) is 10.5. The van der Waals surface area contributed by atoms with Gasteiger partial charge in [-0.25, -0.2) is 9.50 Å². The number of carbonyl (C=O) groups excluding carboxylic acids is 1. The second-order valence-corrected chi connectivity index (χ2v) is 10.5. The van der Waals surface area contributed by atoms with Gasteiger partial charge >= 0.3 is 0 Å². The molecule has 200 valence electrons. The number of aryl methyl sites for hydroxylation is 1. The average Bonchev–Trinajstić information content (AvgIpc) is 3.32. The van der Waals surface area contributed by atoms with E-state index in [4.69, 9.17) is 0 Å². The van der Waals surface area contributed by atoms with Crippen LogP contribution in [0.5, 0.6) is 0 Å². The number of carbonyl (C=O) groups is 1. The second kappa shape index (κ2) is 10.8. The molecule has 1 saturated carbocycles. The fourth-order valence-corrected chi connectivity index (χ4v) is 5.68. The lowest BCUT2D eigenvalue weighted by Crippen LogP contribution is -2.32. The van der Waals surface area contributed by atoms with Crippen LogP contribution in [0.1, 0.15) is 72.4 Å². The number of aromatic nitrogens is 4. The Morgan fingerprint density at radius 3 is 2.65 bits per heavy atom. The topological polar surface area (TPSA) is 81.3 Å². The standard InChI is InChI=1S/C33H31N5O2/c1-22(35-32(39)29-23(2)36-37-20-10-19-34-31(29)37)28-21-26-14-9-13-25(18-17-24-11-5-3-6-12-24)30(26)33(40)38(28)27-15-7-4-8-16-27/h4,7-10,13-16,19-22,24H,3,5-6,11-12H2,1-2H3,(H,35,39). The minimum atomic E-state index is -0.486. The van der Waals surface area contributed by atoms with Gasteiger partial charge in [-0.1, -0.05) is 61.4 Å². The van der Waals surface area contributed by atoms with Gasteiger partial charge in [0.15, 0.2) is 5.65 Å². The molecule has 6 rings (SSSR count). The minimum Gasteiger partial charge on any atom is -0.344 e. The molecular formula is C33H31N5O2. The van der Waals surface area contributed by atoms with E-state index in [2.05, 4.69) is 27.2 Å². The van der Waals surface area contributed by atoms with Crippen LogP contribution < -0.4 is 10.9 Å². The maximum absolute atomic E-state index is 14.2. The molecule has 1 aliphatic carbocycles. The van der Waals surface area contributed by atoms with Gasteiger partial charge in [0.05, 0.1) is 17.1 Å². The van der Waals surface area contributed by atoms with E-state index >= 15 is 0 Å². The lowest BCUT2D eigenvalue weighted by atomic mass is 9.89. The van der Waals surface area contributed by atoms with Crippen molar-refractivity contribution < 1.29 is 4.79 Å². The molecule has 0 bridgehead atoms. The fraction of sp³-hybridized carbons (Fsp3) is 0.273. The summed E-state index contributed by atoms with van der Waals surface area (Å²) in [5, 5.41) is 8.92. The number of pyridine rings is 1. The van der Waals surface area contributed by atoms with Gasteiger partial charge in [-0.05, 0) is 62.4 Å². The number of para-hydroxylation sites is 1. The molecule has 5 aromatic rings. The molecule has 1 aliphatic rings. The van der Waals surface area contributed by atoms with Gasteiger partial charge in [0.25, 0.3) is 11.5 Å². The summed E-state index contributed by atoms with van der Waals surface area (Å²) in [4.78, 5) is 32.1. The lowest BCUT2D eigenvalue weighted by molar-refractivity contribution is 0.0939. The molecule has 3 aromatic heterocycles. The Labute approximate surface area is 232 Å². The van der Waals surface area contributed by atoms with E-state index in [0.29, 0.717) is 33.9 Å². The molecule has 7 heteroatoms. The summed E-state index contributed by atoms with van der Waals surface area (Å²) in [7, 11) is 0. The van der Waals surface area contributed by atoms with E-state index in [1.807, 2.05) is 61.5 Å². The molecule has 0 aliphatic heterocycles. The van der Waals surface area contributed by atoms with Crippen LogP contribution in [0.4, 0.5) is 0 Å². The van der Waals surface area contributed by atoms with Gasteiger partial charge in [-0.15, -0.1) is 0 Å². The summed E-state index contributed by atoms with van der Waals surface area (Å²) in [5.41, 5.74) is 3.50. The number of rotatable bonds is 4. The van der Waals surface area contributed by atoms with Crippen molar-refractivity contribution in [3.05, 3.63) is 106 Å². The Morgan fingerprint density at radius 2 is 1.85 bits per heavy atom. The molecule has 2 aromatic carbocycles. The first kappa shape index (κ1) is 25.6. The molecule has 0 spiro atoms. The summed E-state index contributed by atoms with van der Waals surface area (Å²) in [6.45, 7) is 3.68. The lowest BCUT2D eigenvalue weighted by Gasteiger charge is -2.21. The molecule has 0 radical (unpaired) electrons. The summed E-state index contributed by atoms with van der Waals surface area (Å²) in [6, 6.07) is 18.6. The van der Waals surface area contributed by atoms with Gasteiger partial charge in [-0.2, -0.15) is 5.10 Å². The number of amides is 1. The van der Waals surface area contributed by atoms with E-state index in [1.165, 1.54) is 19.3 Å². The summed E-state index contributed by atoms with van der Waals surface area (Å²) in [6.07, 6.45) is 9.35. The highest BCUT2D eigenvalue weighted by molar-refractivity contribution is 6.01. The van der Waals surface area contributed by atoms with Crippen molar-refractivity contribution in [2.75, 3.05) is 0 Å². The van der Waals surface area contributed by atoms with Crippen LogP contribution in [0.15, 0.2) is 77.9 Å². The Hall–Kier alpha value is -4.70. The summed E-state index contributed by atoms with van der Waals surface area (Å²) in [5.74, 6) is 6.89. The van der Waals surface area contributed by atoms with Gasteiger partial charge in [0.2, 0.25) is 0 Å². The van der Waals surface area contributed by atoms with Crippen LogP contribution in [0.3, 0.4) is 0 Å². The number of nitrogens with zero attached hydrogens (tertiary/aromatic N) is 4.